The summed E-state index contributed by atoms with van der Waals surface area (Å²) in [6.07, 6.45) is 0. The molecule has 0 aliphatic carbocycles. The zero-order valence-corrected chi connectivity index (χ0v) is 10.6. The van der Waals surface area contributed by atoms with E-state index in [1.807, 2.05) is 6.07 Å². The monoisotopic (exact) mass is 242 g/mol. The van der Waals surface area contributed by atoms with E-state index in [0.29, 0.717) is 6.04 Å². The molecule has 1 heterocycles. The second-order valence-electron chi connectivity index (χ2n) is 4.68. The topological polar surface area (TPSA) is 33.3 Å². The van der Waals surface area contributed by atoms with Crippen molar-refractivity contribution < 1.29 is 4.74 Å². The van der Waals surface area contributed by atoms with E-state index in [1.165, 1.54) is 16.3 Å². The van der Waals surface area contributed by atoms with Gasteiger partial charge in [0, 0.05) is 25.7 Å². The maximum absolute atomic E-state index is 5.25. The van der Waals surface area contributed by atoms with Crippen molar-refractivity contribution in [2.45, 2.75) is 6.04 Å². The molecule has 1 saturated heterocycles. The van der Waals surface area contributed by atoms with Crippen LogP contribution in [0.15, 0.2) is 36.4 Å². The first-order valence-corrected chi connectivity index (χ1v) is 6.38. The van der Waals surface area contributed by atoms with Gasteiger partial charge in [0.25, 0.3) is 0 Å². The zero-order valence-electron chi connectivity index (χ0n) is 10.6. The minimum atomic E-state index is 0.422. The fourth-order valence-corrected chi connectivity index (χ4v) is 2.48. The third-order valence-electron chi connectivity index (χ3n) is 3.51. The van der Waals surface area contributed by atoms with Gasteiger partial charge in [-0.05, 0) is 34.5 Å². The van der Waals surface area contributed by atoms with Crippen LogP contribution in [0.1, 0.15) is 11.6 Å². The van der Waals surface area contributed by atoms with Crippen LogP contribution in [0, 0.1) is 0 Å². The molecule has 0 aromatic heterocycles. The van der Waals surface area contributed by atoms with Gasteiger partial charge in [-0.15, -0.1) is 0 Å². The molecule has 0 radical (unpaired) electrons. The van der Waals surface area contributed by atoms with Gasteiger partial charge in [-0.2, -0.15) is 0 Å². The van der Waals surface area contributed by atoms with E-state index in [1.54, 1.807) is 7.11 Å². The van der Waals surface area contributed by atoms with E-state index < -0.39 is 0 Å². The Morgan fingerprint density at radius 2 is 1.89 bits per heavy atom. The molecule has 94 valence electrons. The summed E-state index contributed by atoms with van der Waals surface area (Å²) in [7, 11) is 1.70. The average molecular weight is 242 g/mol. The Labute approximate surface area is 107 Å². The van der Waals surface area contributed by atoms with Gasteiger partial charge in [0.2, 0.25) is 0 Å². The van der Waals surface area contributed by atoms with Gasteiger partial charge in [-0.3, -0.25) is 0 Å². The predicted octanol–water partition coefficient (Wildman–Crippen LogP) is 2.08. The number of nitrogens with one attached hydrogen (secondary N) is 2. The number of hydrogen-bond acceptors (Lipinski definition) is 3. The van der Waals surface area contributed by atoms with Crippen LogP contribution in [-0.2, 0) is 0 Å². The Kier molecular flexibility index (Phi) is 3.17. The van der Waals surface area contributed by atoms with E-state index in [4.69, 9.17) is 4.74 Å². The third-order valence-corrected chi connectivity index (χ3v) is 3.51. The van der Waals surface area contributed by atoms with Crippen molar-refractivity contribution in [1.82, 2.24) is 10.6 Å². The molecule has 1 aliphatic heterocycles. The molecule has 1 aliphatic rings. The Bertz CT molecular complexity index is 547. The van der Waals surface area contributed by atoms with Crippen molar-refractivity contribution in [1.29, 1.82) is 0 Å². The molecule has 2 N–H and O–H groups in total. The molecule has 3 nitrogen and oxygen atoms in total. The molecule has 2 aromatic carbocycles. The molecule has 18 heavy (non-hydrogen) atoms. The van der Waals surface area contributed by atoms with Crippen molar-refractivity contribution in [3.63, 3.8) is 0 Å². The maximum atomic E-state index is 5.25. The Hall–Kier alpha value is -1.58. The van der Waals surface area contributed by atoms with E-state index in [-0.39, 0.29) is 0 Å². The molecule has 0 spiro atoms. The van der Waals surface area contributed by atoms with E-state index in [0.717, 1.165) is 25.4 Å². The van der Waals surface area contributed by atoms with Crippen molar-refractivity contribution in [3.05, 3.63) is 42.0 Å². The highest BCUT2D eigenvalue weighted by Crippen LogP contribution is 2.24. The van der Waals surface area contributed by atoms with Gasteiger partial charge in [0.1, 0.15) is 5.75 Å². The summed E-state index contributed by atoms with van der Waals surface area (Å²) in [6, 6.07) is 13.3. The van der Waals surface area contributed by atoms with E-state index in [2.05, 4.69) is 41.0 Å². The number of piperazine rings is 1. The number of hydrogen-bond donors (Lipinski definition) is 2. The van der Waals surface area contributed by atoms with E-state index in [9.17, 15) is 0 Å². The van der Waals surface area contributed by atoms with Crippen LogP contribution in [-0.4, -0.2) is 26.7 Å². The summed E-state index contributed by atoms with van der Waals surface area (Å²) >= 11 is 0. The summed E-state index contributed by atoms with van der Waals surface area (Å²) in [5.41, 5.74) is 1.35. The Balaban J connectivity index is 1.95. The summed E-state index contributed by atoms with van der Waals surface area (Å²) in [4.78, 5) is 0. The van der Waals surface area contributed by atoms with Gasteiger partial charge in [0.15, 0.2) is 0 Å². The second-order valence-corrected chi connectivity index (χ2v) is 4.68. The number of ether oxygens (including phenoxy) is 1. The lowest BCUT2D eigenvalue weighted by Gasteiger charge is -2.25. The lowest BCUT2D eigenvalue weighted by Crippen LogP contribution is -2.42. The summed E-state index contributed by atoms with van der Waals surface area (Å²) in [5.74, 6) is 0.910. The summed E-state index contributed by atoms with van der Waals surface area (Å²) < 4.78 is 5.25. The highest BCUT2D eigenvalue weighted by molar-refractivity contribution is 5.84. The largest absolute Gasteiger partial charge is 0.497 e. The molecular weight excluding hydrogens is 224 g/mol. The summed E-state index contributed by atoms with van der Waals surface area (Å²) in [5, 5.41) is 9.44. The van der Waals surface area contributed by atoms with Gasteiger partial charge in [0.05, 0.1) is 7.11 Å². The minimum Gasteiger partial charge on any atom is -0.497 e. The normalized spacial score (nSPS) is 19.9. The molecule has 1 atom stereocenters. The molecule has 2 aromatic rings. The number of fused-ring (bicyclic) bond motifs is 1. The Morgan fingerprint density at radius 3 is 2.67 bits per heavy atom. The molecule has 0 unspecified atom stereocenters. The number of methoxy groups -OCH3 is 1. The van der Waals surface area contributed by atoms with Crippen LogP contribution in [0.5, 0.6) is 5.75 Å². The second kappa shape index (κ2) is 4.96. The van der Waals surface area contributed by atoms with Crippen molar-refractivity contribution in [3.8, 4) is 5.75 Å². The zero-order chi connectivity index (χ0) is 12.4. The van der Waals surface area contributed by atoms with Gasteiger partial charge < -0.3 is 15.4 Å². The minimum absolute atomic E-state index is 0.422. The highest BCUT2D eigenvalue weighted by atomic mass is 16.5. The first-order chi connectivity index (χ1) is 8.86. The first-order valence-electron chi connectivity index (χ1n) is 6.38. The molecular formula is C15H18N2O. The maximum Gasteiger partial charge on any atom is 0.119 e. The van der Waals surface area contributed by atoms with Gasteiger partial charge in [-0.25, -0.2) is 0 Å². The number of benzene rings is 2. The fraction of sp³-hybridized carbons (Fsp3) is 0.333. The van der Waals surface area contributed by atoms with Crippen molar-refractivity contribution >= 4 is 10.8 Å². The predicted molar refractivity (Wildman–Crippen MR) is 74.1 cm³/mol. The third kappa shape index (κ3) is 2.19. The van der Waals surface area contributed by atoms with Crippen LogP contribution in [0.2, 0.25) is 0 Å². The van der Waals surface area contributed by atoms with Gasteiger partial charge in [-0.1, -0.05) is 18.2 Å². The smallest absolute Gasteiger partial charge is 0.119 e. The quantitative estimate of drug-likeness (QED) is 0.846. The molecule has 0 amide bonds. The van der Waals surface area contributed by atoms with Crippen molar-refractivity contribution in [2.24, 2.45) is 0 Å². The van der Waals surface area contributed by atoms with Crippen molar-refractivity contribution in [2.75, 3.05) is 26.7 Å². The SMILES string of the molecule is COc1ccc2cc([C@H]3CNCCN3)ccc2c1. The lowest BCUT2D eigenvalue weighted by atomic mass is 10.0. The lowest BCUT2D eigenvalue weighted by molar-refractivity contribution is 0.415. The van der Waals surface area contributed by atoms with Crippen LogP contribution >= 0.6 is 0 Å². The van der Waals surface area contributed by atoms with Crippen LogP contribution in [0.3, 0.4) is 0 Å². The highest BCUT2D eigenvalue weighted by Gasteiger charge is 2.14. The average Bonchev–Trinajstić information content (AvgIpc) is 2.47. The molecule has 0 saturated carbocycles. The molecule has 3 heteroatoms. The summed E-state index contributed by atoms with van der Waals surface area (Å²) in [6.45, 7) is 3.09. The molecule has 0 bridgehead atoms. The number of rotatable bonds is 2. The Morgan fingerprint density at radius 1 is 1.06 bits per heavy atom. The fourth-order valence-electron chi connectivity index (χ4n) is 2.48. The van der Waals surface area contributed by atoms with Gasteiger partial charge >= 0.3 is 0 Å². The van der Waals surface area contributed by atoms with Crippen LogP contribution < -0.4 is 15.4 Å². The van der Waals surface area contributed by atoms with Crippen LogP contribution in [0.25, 0.3) is 10.8 Å². The standard InChI is InChI=1S/C15H18N2O/c1-18-14-5-4-11-8-13(3-2-12(11)9-14)15-10-16-6-7-17-15/h2-5,8-9,15-17H,6-7,10H2,1H3/t15-/m1/s1. The molecule has 1 fully saturated rings. The molecule has 3 rings (SSSR count). The van der Waals surface area contributed by atoms with Crippen LogP contribution in [0.4, 0.5) is 0 Å². The first kappa shape index (κ1) is 11.5. The van der Waals surface area contributed by atoms with E-state index >= 15 is 0 Å².